The molecular formula is C32H55NO11. The number of unbranched alkanes of at least 4 members (excludes halogenated alkanes) is 16. The molecule has 0 rings (SSSR count). The first-order valence-electron chi connectivity index (χ1n) is 16.4. The minimum absolute atomic E-state index is 0.114. The Labute approximate surface area is 261 Å². The van der Waals surface area contributed by atoms with Gasteiger partial charge in [-0.2, -0.15) is 0 Å². The Hall–Kier alpha value is -3.18. The zero-order valence-corrected chi connectivity index (χ0v) is 26.7. The first-order valence-corrected chi connectivity index (χ1v) is 16.4. The summed E-state index contributed by atoms with van der Waals surface area (Å²) in [4.78, 5) is 72.6. The van der Waals surface area contributed by atoms with E-state index in [1.807, 2.05) is 5.32 Å². The van der Waals surface area contributed by atoms with Gasteiger partial charge in [0.1, 0.15) is 6.04 Å². The lowest BCUT2D eigenvalue weighted by molar-refractivity contribution is -0.183. The van der Waals surface area contributed by atoms with Crippen LogP contribution in [0.15, 0.2) is 0 Å². The lowest BCUT2D eigenvalue weighted by atomic mass is 10.1. The third-order valence-corrected chi connectivity index (χ3v) is 7.26. The predicted molar refractivity (Wildman–Crippen MR) is 163 cm³/mol. The number of rotatable bonds is 29. The lowest BCUT2D eigenvalue weighted by Crippen LogP contribution is -2.54. The quantitative estimate of drug-likeness (QED) is 0.0578. The Kier molecular flexibility index (Phi) is 24.3. The fourth-order valence-electron chi connectivity index (χ4n) is 4.68. The van der Waals surface area contributed by atoms with Crippen LogP contribution in [0, 0.1) is 0 Å². The molecule has 0 unspecified atom stereocenters. The van der Waals surface area contributed by atoms with Crippen molar-refractivity contribution in [3.63, 3.8) is 0 Å². The van der Waals surface area contributed by atoms with Gasteiger partial charge >= 0.3 is 29.8 Å². The summed E-state index contributed by atoms with van der Waals surface area (Å²) in [5.74, 6) is -8.20. The smallest absolute Gasteiger partial charge is 0.349 e. The summed E-state index contributed by atoms with van der Waals surface area (Å²) in [5, 5.41) is 29.9. The van der Waals surface area contributed by atoms with Crippen LogP contribution in [0.25, 0.3) is 0 Å². The van der Waals surface area contributed by atoms with Crippen molar-refractivity contribution in [3.05, 3.63) is 0 Å². The van der Waals surface area contributed by atoms with Crippen molar-refractivity contribution in [2.24, 2.45) is 0 Å². The number of aliphatic carboxylic acids is 3. The van der Waals surface area contributed by atoms with E-state index in [1.54, 1.807) is 0 Å². The molecule has 0 spiro atoms. The molecule has 0 heterocycles. The van der Waals surface area contributed by atoms with Gasteiger partial charge in [-0.1, -0.05) is 117 Å². The Bertz CT molecular complexity index is 861. The maximum atomic E-state index is 13.0. The third kappa shape index (κ3) is 21.5. The Morgan fingerprint density at radius 3 is 1.23 bits per heavy atom. The summed E-state index contributed by atoms with van der Waals surface area (Å²) in [6, 6.07) is -1.93. The summed E-state index contributed by atoms with van der Waals surface area (Å²) in [7, 11) is 0. The Morgan fingerprint density at radius 1 is 0.523 bits per heavy atom. The monoisotopic (exact) mass is 629 g/mol. The minimum Gasteiger partial charge on any atom is -0.481 e. The van der Waals surface area contributed by atoms with Gasteiger partial charge in [0.15, 0.2) is 0 Å². The zero-order chi connectivity index (χ0) is 33.2. The number of amides is 1. The number of hydrogen-bond acceptors (Lipinski definition) is 8. The molecule has 0 aromatic heterocycles. The fourth-order valence-corrected chi connectivity index (χ4v) is 4.68. The fraction of sp³-hybridized carbons (Fsp3) is 0.812. The van der Waals surface area contributed by atoms with Gasteiger partial charge in [0.05, 0.1) is 6.42 Å². The van der Waals surface area contributed by atoms with Crippen LogP contribution in [0.1, 0.15) is 149 Å². The standard InChI is InChI=1S/C32H55NO11/c1-3-5-7-9-11-13-15-17-19-21-26(36)43-28(30(38)33-24(31(39)40)23-25(34)35)29(32(41)42)44-27(37)22-20-18-16-14-12-10-8-6-4-2/h24,28-29H,3-23H2,1-2H3,(H,33,38)(H,34,35)(H,39,40)(H,41,42)/t24-,28+,29+/m0/s1. The number of carboxylic acid groups (broad SMARTS) is 3. The number of nitrogens with one attached hydrogen (secondary N) is 1. The molecule has 12 heteroatoms. The van der Waals surface area contributed by atoms with E-state index in [0.717, 1.165) is 64.2 Å². The van der Waals surface area contributed by atoms with E-state index in [9.17, 15) is 39.0 Å². The van der Waals surface area contributed by atoms with Crippen molar-refractivity contribution in [2.45, 2.75) is 167 Å². The van der Waals surface area contributed by atoms with Crippen molar-refractivity contribution in [2.75, 3.05) is 0 Å². The minimum atomic E-state index is -2.24. The van der Waals surface area contributed by atoms with Gasteiger partial charge in [0.2, 0.25) is 12.2 Å². The molecule has 0 saturated carbocycles. The highest BCUT2D eigenvalue weighted by atomic mass is 16.6. The first-order chi connectivity index (χ1) is 21.0. The van der Waals surface area contributed by atoms with E-state index >= 15 is 0 Å². The molecule has 12 nitrogen and oxygen atoms in total. The van der Waals surface area contributed by atoms with Crippen LogP contribution in [-0.4, -0.2) is 69.3 Å². The predicted octanol–water partition coefficient (Wildman–Crippen LogP) is 5.78. The summed E-state index contributed by atoms with van der Waals surface area (Å²) < 4.78 is 10.2. The van der Waals surface area contributed by atoms with E-state index in [4.69, 9.17) is 14.6 Å². The van der Waals surface area contributed by atoms with Crippen LogP contribution in [0.5, 0.6) is 0 Å². The molecule has 0 saturated heterocycles. The van der Waals surface area contributed by atoms with E-state index in [2.05, 4.69) is 13.8 Å². The number of carbonyl (C=O) groups is 6. The maximum absolute atomic E-state index is 13.0. The summed E-state index contributed by atoms with van der Waals surface area (Å²) in [6.07, 6.45) is 12.1. The van der Waals surface area contributed by atoms with Crippen LogP contribution in [0.4, 0.5) is 0 Å². The highest BCUT2D eigenvalue weighted by Gasteiger charge is 2.41. The van der Waals surface area contributed by atoms with Crippen LogP contribution in [0.3, 0.4) is 0 Å². The zero-order valence-electron chi connectivity index (χ0n) is 26.7. The van der Waals surface area contributed by atoms with Gasteiger partial charge in [-0.3, -0.25) is 19.2 Å². The lowest BCUT2D eigenvalue weighted by Gasteiger charge is -2.25. The molecule has 0 aromatic carbocycles. The number of carbonyl (C=O) groups excluding carboxylic acids is 3. The third-order valence-electron chi connectivity index (χ3n) is 7.26. The molecule has 254 valence electrons. The molecule has 0 bridgehead atoms. The number of carboxylic acids is 3. The van der Waals surface area contributed by atoms with Crippen molar-refractivity contribution in [3.8, 4) is 0 Å². The number of hydrogen-bond donors (Lipinski definition) is 4. The van der Waals surface area contributed by atoms with E-state index in [0.29, 0.717) is 12.8 Å². The summed E-state index contributed by atoms with van der Waals surface area (Å²) in [5.41, 5.74) is 0. The largest absolute Gasteiger partial charge is 0.481 e. The van der Waals surface area contributed by atoms with E-state index in [1.165, 1.54) is 38.5 Å². The van der Waals surface area contributed by atoms with Crippen molar-refractivity contribution in [1.29, 1.82) is 0 Å². The number of esters is 2. The van der Waals surface area contributed by atoms with Crippen LogP contribution in [-0.2, 0) is 38.2 Å². The second kappa shape index (κ2) is 26.2. The molecule has 4 N–H and O–H groups in total. The van der Waals surface area contributed by atoms with Crippen LogP contribution >= 0.6 is 0 Å². The highest BCUT2D eigenvalue weighted by molar-refractivity contribution is 5.94. The van der Waals surface area contributed by atoms with Gasteiger partial charge in [-0.25, -0.2) is 9.59 Å². The molecule has 1 amide bonds. The molecule has 0 aliphatic carbocycles. The molecule has 0 aliphatic heterocycles. The molecule has 0 aliphatic rings. The first kappa shape index (κ1) is 40.8. The summed E-state index contributed by atoms with van der Waals surface area (Å²) >= 11 is 0. The molecule has 0 radical (unpaired) electrons. The van der Waals surface area contributed by atoms with Crippen molar-refractivity contribution < 1.29 is 53.6 Å². The normalized spacial score (nSPS) is 13.0. The average molecular weight is 630 g/mol. The topological polar surface area (TPSA) is 194 Å². The van der Waals surface area contributed by atoms with Gasteiger partial charge in [-0.15, -0.1) is 0 Å². The second-order valence-corrected chi connectivity index (χ2v) is 11.3. The van der Waals surface area contributed by atoms with Crippen LogP contribution in [0.2, 0.25) is 0 Å². The SMILES string of the molecule is CCCCCCCCCCCC(=O)O[C@@H](C(=O)O)[C@@H](OC(=O)CCCCCCCCCCC)C(=O)N[C@@H](CC(=O)O)C(=O)O. The van der Waals surface area contributed by atoms with Gasteiger partial charge < -0.3 is 30.1 Å². The maximum Gasteiger partial charge on any atom is 0.349 e. The molecule has 44 heavy (non-hydrogen) atoms. The molecule has 0 fully saturated rings. The van der Waals surface area contributed by atoms with Crippen molar-refractivity contribution in [1.82, 2.24) is 5.32 Å². The van der Waals surface area contributed by atoms with Gasteiger partial charge in [-0.05, 0) is 12.8 Å². The molecular weight excluding hydrogens is 574 g/mol. The molecule has 0 aromatic rings. The molecule has 3 atom stereocenters. The Balaban J connectivity index is 5.16. The number of ether oxygens (including phenoxy) is 2. The summed E-state index contributed by atoms with van der Waals surface area (Å²) in [6.45, 7) is 4.30. The van der Waals surface area contributed by atoms with Crippen molar-refractivity contribution >= 4 is 35.8 Å². The second-order valence-electron chi connectivity index (χ2n) is 11.3. The van der Waals surface area contributed by atoms with E-state index < -0.39 is 60.4 Å². The Morgan fingerprint density at radius 2 is 0.886 bits per heavy atom. The van der Waals surface area contributed by atoms with Gasteiger partial charge in [0.25, 0.3) is 5.91 Å². The highest BCUT2D eigenvalue weighted by Crippen LogP contribution is 2.15. The average Bonchev–Trinajstić information content (AvgIpc) is 2.96. The van der Waals surface area contributed by atoms with Crippen LogP contribution < -0.4 is 5.32 Å². The van der Waals surface area contributed by atoms with E-state index in [-0.39, 0.29) is 12.8 Å². The van der Waals surface area contributed by atoms with Gasteiger partial charge in [0, 0.05) is 12.8 Å².